The first-order valence-electron chi connectivity index (χ1n) is 6.60. The number of halogens is 1. The van der Waals surface area contributed by atoms with E-state index < -0.39 is 0 Å². The smallest absolute Gasteiger partial charge is 0.123 e. The molecule has 96 valence electrons. The predicted molar refractivity (Wildman–Crippen MR) is 71.6 cm³/mol. The van der Waals surface area contributed by atoms with Crippen molar-refractivity contribution in [3.05, 3.63) is 35.6 Å². The molecule has 0 spiro atoms. The summed E-state index contributed by atoms with van der Waals surface area (Å²) in [5, 5.41) is 3.26. The highest BCUT2D eigenvalue weighted by Gasteiger charge is 2.18. The molecule has 1 N–H and O–H groups in total. The second-order valence-corrected chi connectivity index (χ2v) is 4.73. The molecule has 1 aromatic carbocycles. The van der Waals surface area contributed by atoms with Crippen LogP contribution in [-0.4, -0.2) is 13.6 Å². The van der Waals surface area contributed by atoms with Gasteiger partial charge in [0.1, 0.15) is 5.82 Å². The molecule has 1 aromatic rings. The van der Waals surface area contributed by atoms with Crippen LogP contribution >= 0.6 is 0 Å². The first-order valence-corrected chi connectivity index (χ1v) is 6.60. The fraction of sp³-hybridized carbons (Fsp3) is 0.600. The van der Waals surface area contributed by atoms with Crippen molar-refractivity contribution in [3.8, 4) is 0 Å². The maximum absolute atomic E-state index is 13.2. The van der Waals surface area contributed by atoms with Crippen molar-refractivity contribution >= 4 is 0 Å². The molecule has 0 aromatic heterocycles. The number of benzene rings is 1. The Balaban J connectivity index is 2.71. The zero-order chi connectivity index (χ0) is 12.7. The minimum atomic E-state index is -0.129. The molecule has 0 radical (unpaired) electrons. The van der Waals surface area contributed by atoms with Crippen molar-refractivity contribution in [1.82, 2.24) is 5.32 Å². The Kier molecular flexibility index (Phi) is 6.20. The van der Waals surface area contributed by atoms with E-state index in [1.54, 1.807) is 12.1 Å². The molecule has 0 aliphatic carbocycles. The summed E-state index contributed by atoms with van der Waals surface area (Å²) in [5.41, 5.74) is 1.11. The highest BCUT2D eigenvalue weighted by atomic mass is 19.1. The Morgan fingerprint density at radius 2 is 1.88 bits per heavy atom. The van der Waals surface area contributed by atoms with Crippen LogP contribution < -0.4 is 5.32 Å². The lowest BCUT2D eigenvalue weighted by molar-refractivity contribution is 0.303. The highest BCUT2D eigenvalue weighted by Crippen LogP contribution is 2.23. The summed E-state index contributed by atoms with van der Waals surface area (Å²) in [6.07, 6.45) is 3.35. The maximum atomic E-state index is 13.2. The molecule has 1 rings (SSSR count). The molecule has 0 amide bonds. The second-order valence-electron chi connectivity index (χ2n) is 4.73. The Morgan fingerprint density at radius 1 is 1.18 bits per heavy atom. The summed E-state index contributed by atoms with van der Waals surface area (Å²) in [6, 6.07) is 6.99. The van der Waals surface area contributed by atoms with Gasteiger partial charge in [-0.3, -0.25) is 0 Å². The number of hydrogen-bond donors (Lipinski definition) is 1. The van der Waals surface area contributed by atoms with Gasteiger partial charge in [0.15, 0.2) is 0 Å². The summed E-state index contributed by atoms with van der Waals surface area (Å²) < 4.78 is 13.2. The van der Waals surface area contributed by atoms with Gasteiger partial charge < -0.3 is 5.32 Å². The summed E-state index contributed by atoms with van der Waals surface area (Å²) >= 11 is 0. The van der Waals surface area contributed by atoms with Crippen LogP contribution in [0, 0.1) is 17.7 Å². The molecule has 0 saturated heterocycles. The molecule has 17 heavy (non-hydrogen) atoms. The molecule has 0 heterocycles. The van der Waals surface area contributed by atoms with Gasteiger partial charge in [0.25, 0.3) is 0 Å². The molecule has 1 unspecified atom stereocenters. The molecule has 0 bridgehead atoms. The Morgan fingerprint density at radius 3 is 2.41 bits per heavy atom. The highest BCUT2D eigenvalue weighted by molar-refractivity contribution is 5.17. The number of rotatable bonds is 7. The lowest BCUT2D eigenvalue weighted by Gasteiger charge is -2.25. The van der Waals surface area contributed by atoms with Crippen LogP contribution in [0.1, 0.15) is 32.3 Å². The van der Waals surface area contributed by atoms with Crippen LogP contribution in [0.15, 0.2) is 24.3 Å². The lowest BCUT2D eigenvalue weighted by Crippen LogP contribution is -2.27. The van der Waals surface area contributed by atoms with Crippen molar-refractivity contribution in [1.29, 1.82) is 0 Å². The van der Waals surface area contributed by atoms with E-state index in [-0.39, 0.29) is 5.82 Å². The molecule has 0 aliphatic rings. The molecule has 0 saturated carbocycles. The number of hydrogen-bond acceptors (Lipinski definition) is 1. The largest absolute Gasteiger partial charge is 0.319 e. The summed E-state index contributed by atoms with van der Waals surface area (Å²) in [5.74, 6) is 1.18. The van der Waals surface area contributed by atoms with Gasteiger partial charge in [0.2, 0.25) is 0 Å². The average molecular weight is 237 g/mol. The number of nitrogens with one attached hydrogen (secondary N) is 1. The van der Waals surface area contributed by atoms with Crippen LogP contribution in [-0.2, 0) is 6.42 Å². The van der Waals surface area contributed by atoms with Crippen LogP contribution in [0.5, 0.6) is 0 Å². The lowest BCUT2D eigenvalue weighted by atomic mass is 9.83. The van der Waals surface area contributed by atoms with Crippen LogP contribution in [0.2, 0.25) is 0 Å². The molecule has 1 nitrogen and oxygen atoms in total. The van der Waals surface area contributed by atoms with E-state index in [1.807, 2.05) is 13.1 Å². The third kappa shape index (κ3) is 4.47. The van der Waals surface area contributed by atoms with Gasteiger partial charge in [-0.2, -0.15) is 0 Å². The van der Waals surface area contributed by atoms with Gasteiger partial charge in [-0.05, 0) is 49.5 Å². The first-order chi connectivity index (χ1) is 8.21. The zero-order valence-electron chi connectivity index (χ0n) is 11.2. The van der Waals surface area contributed by atoms with Gasteiger partial charge in [-0.25, -0.2) is 4.39 Å². The van der Waals surface area contributed by atoms with Gasteiger partial charge in [-0.15, -0.1) is 0 Å². The van der Waals surface area contributed by atoms with Crippen LogP contribution in [0.3, 0.4) is 0 Å². The van der Waals surface area contributed by atoms with Gasteiger partial charge in [-0.1, -0.05) is 38.8 Å². The third-order valence-electron chi connectivity index (χ3n) is 3.57. The minimum Gasteiger partial charge on any atom is -0.319 e. The normalized spacial score (nSPS) is 13.0. The van der Waals surface area contributed by atoms with Gasteiger partial charge >= 0.3 is 0 Å². The van der Waals surface area contributed by atoms with Crippen LogP contribution in [0.25, 0.3) is 0 Å². The summed E-state index contributed by atoms with van der Waals surface area (Å²) in [4.78, 5) is 0. The Hall–Kier alpha value is -0.890. The van der Waals surface area contributed by atoms with Gasteiger partial charge in [0.05, 0.1) is 0 Å². The third-order valence-corrected chi connectivity index (χ3v) is 3.57. The van der Waals surface area contributed by atoms with Crippen molar-refractivity contribution in [2.24, 2.45) is 11.8 Å². The van der Waals surface area contributed by atoms with Crippen molar-refractivity contribution in [2.75, 3.05) is 13.6 Å². The quantitative estimate of drug-likeness (QED) is 0.763. The van der Waals surface area contributed by atoms with E-state index in [0.717, 1.165) is 18.5 Å². The van der Waals surface area contributed by atoms with E-state index in [2.05, 4.69) is 19.2 Å². The Bertz CT molecular complexity index is 320. The van der Waals surface area contributed by atoms with Gasteiger partial charge in [0, 0.05) is 0 Å². The zero-order valence-corrected chi connectivity index (χ0v) is 11.2. The molecular weight excluding hydrogens is 213 g/mol. The van der Waals surface area contributed by atoms with E-state index in [1.165, 1.54) is 18.9 Å². The average Bonchev–Trinajstić information content (AvgIpc) is 2.31. The van der Waals surface area contributed by atoms with E-state index in [4.69, 9.17) is 0 Å². The maximum Gasteiger partial charge on any atom is 0.123 e. The fourth-order valence-corrected chi connectivity index (χ4v) is 2.59. The van der Waals surface area contributed by atoms with E-state index in [0.29, 0.717) is 11.8 Å². The molecule has 2 heteroatoms. The second kappa shape index (κ2) is 7.44. The van der Waals surface area contributed by atoms with Crippen LogP contribution in [0.4, 0.5) is 4.39 Å². The van der Waals surface area contributed by atoms with Crippen molar-refractivity contribution in [2.45, 2.75) is 33.1 Å². The van der Waals surface area contributed by atoms with Crippen molar-refractivity contribution in [3.63, 3.8) is 0 Å². The monoisotopic (exact) mass is 237 g/mol. The Labute approximate surface area is 104 Å². The summed E-state index contributed by atoms with van der Waals surface area (Å²) in [6.45, 7) is 5.48. The van der Waals surface area contributed by atoms with E-state index in [9.17, 15) is 4.39 Å². The predicted octanol–water partition coefficient (Wildman–Crippen LogP) is 3.64. The fourth-order valence-electron chi connectivity index (χ4n) is 2.59. The minimum absolute atomic E-state index is 0.129. The SMILES string of the molecule is CCC(CC)C(CNC)Cc1cccc(F)c1. The molecule has 1 atom stereocenters. The van der Waals surface area contributed by atoms with Crippen molar-refractivity contribution < 1.29 is 4.39 Å². The molecule has 0 aliphatic heterocycles. The molecule has 0 fully saturated rings. The first kappa shape index (κ1) is 14.2. The summed E-state index contributed by atoms with van der Waals surface area (Å²) in [7, 11) is 1.99. The van der Waals surface area contributed by atoms with E-state index >= 15 is 0 Å². The topological polar surface area (TPSA) is 12.0 Å². The standard InChI is InChI=1S/C15H24FN/c1-4-13(5-2)14(11-17-3)9-12-7-6-8-15(16)10-12/h6-8,10,13-14,17H,4-5,9,11H2,1-3H3. The molecular formula is C15H24FN.